The SMILES string of the molecule is COP(=O)(OC)OC(C(=O)O)C(=O)O. The van der Waals surface area contributed by atoms with Gasteiger partial charge in [-0.3, -0.25) is 13.6 Å². The maximum Gasteiger partial charge on any atom is 0.475 e. The smallest absolute Gasteiger partial charge is 0.475 e. The first-order valence-electron chi connectivity index (χ1n) is 3.22. The van der Waals surface area contributed by atoms with Crippen molar-refractivity contribution in [3.8, 4) is 0 Å². The topological polar surface area (TPSA) is 119 Å². The van der Waals surface area contributed by atoms with Gasteiger partial charge in [-0.15, -0.1) is 0 Å². The van der Waals surface area contributed by atoms with Crippen molar-refractivity contribution >= 4 is 19.8 Å². The third-order valence-corrected chi connectivity index (χ3v) is 2.49. The van der Waals surface area contributed by atoms with Crippen LogP contribution in [0.1, 0.15) is 0 Å². The van der Waals surface area contributed by atoms with Gasteiger partial charge in [-0.25, -0.2) is 14.2 Å². The predicted molar refractivity (Wildman–Crippen MR) is 41.8 cm³/mol. The summed E-state index contributed by atoms with van der Waals surface area (Å²) in [4.78, 5) is 20.6. The van der Waals surface area contributed by atoms with Crippen molar-refractivity contribution in [2.45, 2.75) is 6.10 Å². The first kappa shape index (κ1) is 13.1. The van der Waals surface area contributed by atoms with Gasteiger partial charge in [0.2, 0.25) is 0 Å². The lowest BCUT2D eigenvalue weighted by molar-refractivity contribution is -0.160. The van der Waals surface area contributed by atoms with Crippen LogP contribution in [0, 0.1) is 0 Å². The summed E-state index contributed by atoms with van der Waals surface area (Å²) in [5.41, 5.74) is 0. The van der Waals surface area contributed by atoms with Gasteiger partial charge in [0, 0.05) is 14.2 Å². The van der Waals surface area contributed by atoms with E-state index in [1.54, 1.807) is 0 Å². The molecule has 0 fully saturated rings. The highest BCUT2D eigenvalue weighted by molar-refractivity contribution is 7.48. The van der Waals surface area contributed by atoms with Gasteiger partial charge in [-0.1, -0.05) is 0 Å². The highest BCUT2D eigenvalue weighted by Gasteiger charge is 2.37. The van der Waals surface area contributed by atoms with Crippen molar-refractivity contribution in [1.29, 1.82) is 0 Å². The summed E-state index contributed by atoms with van der Waals surface area (Å²) in [6.07, 6.45) is -2.29. The maximum absolute atomic E-state index is 11.2. The molecule has 0 unspecified atom stereocenters. The van der Waals surface area contributed by atoms with Gasteiger partial charge in [0.15, 0.2) is 0 Å². The fourth-order valence-electron chi connectivity index (χ4n) is 0.486. The van der Waals surface area contributed by atoms with Crippen LogP contribution in [0.15, 0.2) is 0 Å². The zero-order chi connectivity index (χ0) is 11.4. The van der Waals surface area contributed by atoms with Crippen molar-refractivity contribution < 1.29 is 37.9 Å². The first-order chi connectivity index (χ1) is 6.36. The number of hydrogen-bond donors (Lipinski definition) is 2. The summed E-state index contributed by atoms with van der Waals surface area (Å²) in [6, 6.07) is 0. The van der Waals surface area contributed by atoms with E-state index in [2.05, 4.69) is 13.6 Å². The van der Waals surface area contributed by atoms with Gasteiger partial charge in [0.1, 0.15) is 0 Å². The molecule has 14 heavy (non-hydrogen) atoms. The second-order valence-electron chi connectivity index (χ2n) is 1.97. The average Bonchev–Trinajstić information content (AvgIpc) is 2.13. The average molecular weight is 228 g/mol. The molecule has 0 aliphatic rings. The number of phosphoric acid groups is 1. The molecule has 0 amide bonds. The molecule has 82 valence electrons. The number of phosphoric ester groups is 1. The Morgan fingerprint density at radius 3 is 1.71 bits per heavy atom. The van der Waals surface area contributed by atoms with Crippen LogP contribution in [0.25, 0.3) is 0 Å². The minimum absolute atomic E-state index is 0.936. The van der Waals surface area contributed by atoms with Crippen molar-refractivity contribution in [2.24, 2.45) is 0 Å². The minimum atomic E-state index is -4.11. The van der Waals surface area contributed by atoms with E-state index in [4.69, 9.17) is 10.2 Å². The normalized spacial score (nSPS) is 11.6. The lowest BCUT2D eigenvalue weighted by Gasteiger charge is -2.15. The van der Waals surface area contributed by atoms with E-state index in [1.165, 1.54) is 0 Å². The fraction of sp³-hybridized carbons (Fsp3) is 0.600. The molecule has 9 heteroatoms. The van der Waals surface area contributed by atoms with Gasteiger partial charge in [0.25, 0.3) is 6.10 Å². The highest BCUT2D eigenvalue weighted by Crippen LogP contribution is 2.48. The summed E-state index contributed by atoms with van der Waals surface area (Å²) < 4.78 is 23.8. The Bertz CT molecular complexity index is 251. The lowest BCUT2D eigenvalue weighted by Crippen LogP contribution is -2.32. The van der Waals surface area contributed by atoms with E-state index in [9.17, 15) is 14.2 Å². The van der Waals surface area contributed by atoms with E-state index in [-0.39, 0.29) is 0 Å². The zero-order valence-electron chi connectivity index (χ0n) is 7.37. The van der Waals surface area contributed by atoms with Crippen LogP contribution in [0.4, 0.5) is 0 Å². The first-order valence-corrected chi connectivity index (χ1v) is 4.68. The van der Waals surface area contributed by atoms with Crippen LogP contribution in [0.2, 0.25) is 0 Å². The lowest BCUT2D eigenvalue weighted by atomic mass is 10.4. The highest BCUT2D eigenvalue weighted by atomic mass is 31.2. The number of carbonyl (C=O) groups is 2. The molecule has 0 rings (SSSR count). The molecule has 0 aromatic heterocycles. The van der Waals surface area contributed by atoms with Crippen LogP contribution >= 0.6 is 7.82 Å². The van der Waals surface area contributed by atoms with Crippen molar-refractivity contribution in [1.82, 2.24) is 0 Å². The zero-order valence-corrected chi connectivity index (χ0v) is 8.26. The van der Waals surface area contributed by atoms with Crippen LogP contribution < -0.4 is 0 Å². The summed E-state index contributed by atoms with van der Waals surface area (Å²) in [7, 11) is -2.24. The maximum atomic E-state index is 11.2. The molecule has 0 heterocycles. The monoisotopic (exact) mass is 228 g/mol. The van der Waals surface area contributed by atoms with Gasteiger partial charge < -0.3 is 10.2 Å². The van der Waals surface area contributed by atoms with E-state index in [1.807, 2.05) is 0 Å². The molecule has 0 aliphatic heterocycles. The van der Waals surface area contributed by atoms with Gasteiger partial charge in [-0.2, -0.15) is 0 Å². The van der Waals surface area contributed by atoms with E-state index in [0.29, 0.717) is 0 Å². The summed E-state index contributed by atoms with van der Waals surface area (Å²) in [5, 5.41) is 16.7. The predicted octanol–water partition coefficient (Wildman–Crippen LogP) is -0.0583. The molecule has 0 aliphatic carbocycles. The Morgan fingerprint density at radius 2 is 1.50 bits per heavy atom. The summed E-state index contributed by atoms with van der Waals surface area (Å²) in [6.45, 7) is 0. The molecule has 8 nitrogen and oxygen atoms in total. The van der Waals surface area contributed by atoms with Gasteiger partial charge >= 0.3 is 19.8 Å². The van der Waals surface area contributed by atoms with E-state index < -0.39 is 25.9 Å². The molecule has 0 aromatic carbocycles. The largest absolute Gasteiger partial charge is 0.479 e. The fourth-order valence-corrected chi connectivity index (χ4v) is 1.25. The molecular weight excluding hydrogens is 219 g/mol. The molecule has 0 radical (unpaired) electrons. The third-order valence-electron chi connectivity index (χ3n) is 1.13. The molecule has 0 aromatic rings. The molecular formula is C5H9O8P. The van der Waals surface area contributed by atoms with Crippen molar-refractivity contribution in [2.75, 3.05) is 14.2 Å². The summed E-state index contributed by atoms with van der Waals surface area (Å²) >= 11 is 0. The van der Waals surface area contributed by atoms with Crippen molar-refractivity contribution in [3.05, 3.63) is 0 Å². The Hall–Kier alpha value is -0.950. The molecule has 0 saturated heterocycles. The Morgan fingerprint density at radius 1 is 1.14 bits per heavy atom. The standard InChI is InChI=1S/C5H9O8P/c1-11-14(10,12-2)13-3(4(6)7)5(8)9/h3H,1-2H3,(H,6,7)(H,8,9). The van der Waals surface area contributed by atoms with E-state index in [0.717, 1.165) is 14.2 Å². The molecule has 0 atom stereocenters. The number of carboxylic acids is 2. The molecule has 0 spiro atoms. The Kier molecular flexibility index (Phi) is 4.72. The number of carboxylic acid groups (broad SMARTS) is 2. The Labute approximate surface area is 79.0 Å². The second kappa shape index (κ2) is 5.06. The van der Waals surface area contributed by atoms with E-state index >= 15 is 0 Å². The number of hydrogen-bond acceptors (Lipinski definition) is 6. The number of aliphatic carboxylic acids is 2. The van der Waals surface area contributed by atoms with Crippen LogP contribution in [-0.2, 0) is 27.7 Å². The van der Waals surface area contributed by atoms with Crippen LogP contribution in [-0.4, -0.2) is 42.5 Å². The second-order valence-corrected chi connectivity index (χ2v) is 3.81. The molecule has 2 N–H and O–H groups in total. The molecule has 0 saturated carbocycles. The summed E-state index contributed by atoms with van der Waals surface area (Å²) in [5.74, 6) is -3.60. The van der Waals surface area contributed by atoms with Gasteiger partial charge in [-0.05, 0) is 0 Å². The van der Waals surface area contributed by atoms with Crippen molar-refractivity contribution in [3.63, 3.8) is 0 Å². The third kappa shape index (κ3) is 3.43. The van der Waals surface area contributed by atoms with Gasteiger partial charge in [0.05, 0.1) is 0 Å². The van der Waals surface area contributed by atoms with Crippen LogP contribution in [0.5, 0.6) is 0 Å². The number of rotatable bonds is 6. The van der Waals surface area contributed by atoms with Crippen LogP contribution in [0.3, 0.4) is 0 Å². The quantitative estimate of drug-likeness (QED) is 0.479. The Balaban J connectivity index is 4.67. The minimum Gasteiger partial charge on any atom is -0.479 e. The molecule has 0 bridgehead atoms.